The van der Waals surface area contributed by atoms with E-state index in [0.29, 0.717) is 50.0 Å². The van der Waals surface area contributed by atoms with Gasteiger partial charge in [0.15, 0.2) is 17.0 Å². The predicted molar refractivity (Wildman–Crippen MR) is 114 cm³/mol. The zero-order valence-electron chi connectivity index (χ0n) is 18.1. The van der Waals surface area contributed by atoms with Crippen LogP contribution in [0.2, 0.25) is 0 Å². The van der Waals surface area contributed by atoms with Crippen molar-refractivity contribution in [2.45, 2.75) is 38.0 Å². The van der Waals surface area contributed by atoms with E-state index in [4.69, 9.17) is 9.72 Å². The van der Waals surface area contributed by atoms with Crippen LogP contribution >= 0.6 is 0 Å². The van der Waals surface area contributed by atoms with Crippen LogP contribution < -0.4 is 4.90 Å². The first kappa shape index (κ1) is 22.0. The van der Waals surface area contributed by atoms with Gasteiger partial charge < -0.3 is 14.2 Å². The molecule has 0 saturated carbocycles. The summed E-state index contributed by atoms with van der Waals surface area (Å²) in [5.41, 5.74) is 1.65. The Morgan fingerprint density at radius 3 is 2.61 bits per heavy atom. The number of anilines is 1. The SMILES string of the molecule is FC(F)(F)Cn1cnc2c(N3CCOCC3)nc(C3CCCN(Cc4cncnc4)C3)nc21. The van der Waals surface area contributed by atoms with Crippen LogP contribution in [0.5, 0.6) is 0 Å². The molecule has 5 rings (SSSR count). The molecule has 1 unspecified atom stereocenters. The van der Waals surface area contributed by atoms with E-state index in [1.54, 1.807) is 12.4 Å². The first-order valence-corrected chi connectivity index (χ1v) is 11.0. The molecule has 12 heteroatoms. The van der Waals surface area contributed by atoms with Gasteiger partial charge in [-0.1, -0.05) is 0 Å². The molecule has 0 aliphatic carbocycles. The number of fused-ring (bicyclic) bond motifs is 1. The standard InChI is InChI=1S/C21H25F3N8O/c22-21(23,24)12-32-14-27-17-19(31-4-6-33-7-5-31)28-18(29-20(17)32)16-2-1-3-30(11-16)10-15-8-25-13-26-9-15/h8-9,13-14,16H,1-7,10-12H2. The molecule has 9 nitrogen and oxygen atoms in total. The van der Waals surface area contributed by atoms with Crippen molar-refractivity contribution in [2.24, 2.45) is 0 Å². The molecular weight excluding hydrogens is 437 g/mol. The highest BCUT2D eigenvalue weighted by Crippen LogP contribution is 2.31. The van der Waals surface area contributed by atoms with Gasteiger partial charge in [0.2, 0.25) is 0 Å². The van der Waals surface area contributed by atoms with Gasteiger partial charge in [0, 0.05) is 50.1 Å². The van der Waals surface area contributed by atoms with E-state index in [0.717, 1.165) is 36.1 Å². The number of nitrogens with zero attached hydrogens (tertiary/aromatic N) is 8. The van der Waals surface area contributed by atoms with E-state index in [1.165, 1.54) is 12.7 Å². The van der Waals surface area contributed by atoms with Crippen LogP contribution in [0.4, 0.5) is 19.0 Å². The molecule has 0 amide bonds. The topological polar surface area (TPSA) is 85.1 Å². The smallest absolute Gasteiger partial charge is 0.378 e. The highest BCUT2D eigenvalue weighted by atomic mass is 19.4. The number of alkyl halides is 3. The maximum atomic E-state index is 13.2. The van der Waals surface area contributed by atoms with Crippen molar-refractivity contribution >= 4 is 17.0 Å². The quantitative estimate of drug-likeness (QED) is 0.572. The van der Waals surface area contributed by atoms with Crippen molar-refractivity contribution < 1.29 is 17.9 Å². The first-order chi connectivity index (χ1) is 16.0. The Labute approximate surface area is 188 Å². The lowest BCUT2D eigenvalue weighted by atomic mass is 9.96. The number of hydrogen-bond acceptors (Lipinski definition) is 8. The lowest BCUT2D eigenvalue weighted by Gasteiger charge is -2.33. The van der Waals surface area contributed by atoms with Crippen molar-refractivity contribution in [1.29, 1.82) is 0 Å². The van der Waals surface area contributed by atoms with Gasteiger partial charge in [-0.15, -0.1) is 0 Å². The lowest BCUT2D eigenvalue weighted by molar-refractivity contribution is -0.140. The number of rotatable bonds is 5. The fraction of sp³-hybridized carbons (Fsp3) is 0.571. The van der Waals surface area contributed by atoms with Crippen molar-refractivity contribution in [3.05, 3.63) is 36.4 Å². The maximum Gasteiger partial charge on any atom is 0.406 e. The maximum absolute atomic E-state index is 13.2. The van der Waals surface area contributed by atoms with Crippen molar-refractivity contribution in [3.63, 3.8) is 0 Å². The summed E-state index contributed by atoms with van der Waals surface area (Å²) >= 11 is 0. The number of halogens is 3. The second-order valence-electron chi connectivity index (χ2n) is 8.49. The molecule has 3 aromatic heterocycles. The van der Waals surface area contributed by atoms with Crippen LogP contribution in [0.3, 0.4) is 0 Å². The van der Waals surface area contributed by atoms with Gasteiger partial charge in [-0.2, -0.15) is 13.2 Å². The van der Waals surface area contributed by atoms with Crippen LogP contribution in [0.15, 0.2) is 25.0 Å². The Kier molecular flexibility index (Phi) is 6.11. The number of ether oxygens (including phenoxy) is 1. The summed E-state index contributed by atoms with van der Waals surface area (Å²) in [7, 11) is 0. The molecular formula is C21H25F3N8O. The molecule has 0 aromatic carbocycles. The molecule has 3 aromatic rings. The van der Waals surface area contributed by atoms with Gasteiger partial charge in [-0.05, 0) is 19.4 Å². The summed E-state index contributed by atoms with van der Waals surface area (Å²) in [6.07, 6.45) is 3.78. The summed E-state index contributed by atoms with van der Waals surface area (Å²) in [4.78, 5) is 26.2. The van der Waals surface area contributed by atoms with E-state index in [2.05, 4.69) is 24.8 Å². The highest BCUT2D eigenvalue weighted by molar-refractivity contribution is 5.83. The second kappa shape index (κ2) is 9.18. The lowest BCUT2D eigenvalue weighted by Crippen LogP contribution is -2.38. The van der Waals surface area contributed by atoms with Crippen molar-refractivity contribution in [2.75, 3.05) is 44.3 Å². The molecule has 2 saturated heterocycles. The molecule has 0 bridgehead atoms. The molecule has 2 fully saturated rings. The van der Waals surface area contributed by atoms with Gasteiger partial charge in [-0.3, -0.25) is 4.90 Å². The molecule has 0 radical (unpaired) electrons. The molecule has 5 heterocycles. The van der Waals surface area contributed by atoms with E-state index < -0.39 is 12.7 Å². The average molecular weight is 462 g/mol. The second-order valence-corrected chi connectivity index (χ2v) is 8.49. The van der Waals surface area contributed by atoms with Crippen LogP contribution in [0, 0.1) is 0 Å². The predicted octanol–water partition coefficient (Wildman–Crippen LogP) is 2.39. The molecule has 2 aliphatic rings. The molecule has 1 atom stereocenters. The molecule has 2 aliphatic heterocycles. The van der Waals surface area contributed by atoms with Crippen LogP contribution in [0.25, 0.3) is 11.2 Å². The number of hydrogen-bond donors (Lipinski definition) is 0. The first-order valence-electron chi connectivity index (χ1n) is 11.0. The fourth-order valence-electron chi connectivity index (χ4n) is 4.51. The van der Waals surface area contributed by atoms with Crippen molar-refractivity contribution in [1.82, 2.24) is 34.4 Å². The van der Waals surface area contributed by atoms with E-state index >= 15 is 0 Å². The monoisotopic (exact) mass is 462 g/mol. The minimum Gasteiger partial charge on any atom is -0.378 e. The zero-order valence-corrected chi connectivity index (χ0v) is 18.1. The largest absolute Gasteiger partial charge is 0.406 e. The minimum absolute atomic E-state index is 0.0156. The van der Waals surface area contributed by atoms with E-state index in [1.807, 2.05) is 4.90 Å². The Morgan fingerprint density at radius 1 is 1.06 bits per heavy atom. The summed E-state index contributed by atoms with van der Waals surface area (Å²) in [5, 5.41) is 0. The number of piperidine rings is 1. The molecule has 0 spiro atoms. The van der Waals surface area contributed by atoms with Gasteiger partial charge in [0.05, 0.1) is 19.5 Å². The summed E-state index contributed by atoms with van der Waals surface area (Å²) in [6.45, 7) is 3.54. The summed E-state index contributed by atoms with van der Waals surface area (Å²) < 4.78 is 46.1. The Balaban J connectivity index is 1.47. The van der Waals surface area contributed by atoms with Crippen LogP contribution in [0.1, 0.15) is 30.1 Å². The Hall–Kier alpha value is -2.86. The van der Waals surface area contributed by atoms with Gasteiger partial charge >= 0.3 is 6.18 Å². The third-order valence-electron chi connectivity index (χ3n) is 6.01. The molecule has 176 valence electrons. The van der Waals surface area contributed by atoms with E-state index in [9.17, 15) is 13.2 Å². The minimum atomic E-state index is -4.36. The number of aromatic nitrogens is 6. The van der Waals surface area contributed by atoms with E-state index in [-0.39, 0.29) is 11.6 Å². The average Bonchev–Trinajstić information content (AvgIpc) is 3.21. The van der Waals surface area contributed by atoms with Crippen molar-refractivity contribution in [3.8, 4) is 0 Å². The van der Waals surface area contributed by atoms with Crippen LogP contribution in [-0.2, 0) is 17.8 Å². The third kappa shape index (κ3) is 5.06. The number of imidazole rings is 1. The van der Waals surface area contributed by atoms with Crippen LogP contribution in [-0.4, -0.2) is 80.0 Å². The molecule has 0 N–H and O–H groups in total. The number of morpholine rings is 1. The fourth-order valence-corrected chi connectivity index (χ4v) is 4.51. The number of likely N-dealkylation sites (tertiary alicyclic amines) is 1. The Morgan fingerprint density at radius 2 is 1.85 bits per heavy atom. The third-order valence-corrected chi connectivity index (χ3v) is 6.01. The summed E-state index contributed by atoms with van der Waals surface area (Å²) in [6, 6.07) is 0. The highest BCUT2D eigenvalue weighted by Gasteiger charge is 2.31. The van der Waals surface area contributed by atoms with Gasteiger partial charge in [0.1, 0.15) is 18.7 Å². The molecule has 33 heavy (non-hydrogen) atoms. The van der Waals surface area contributed by atoms with Gasteiger partial charge in [0.25, 0.3) is 0 Å². The normalized spacial score (nSPS) is 20.5. The van der Waals surface area contributed by atoms with Gasteiger partial charge in [-0.25, -0.2) is 24.9 Å². The zero-order chi connectivity index (χ0) is 22.8. The Bertz CT molecular complexity index is 1080. The summed E-state index contributed by atoms with van der Waals surface area (Å²) in [5.74, 6) is 1.18.